The maximum absolute atomic E-state index is 13.1. The molecule has 0 aliphatic rings. The molecule has 0 aliphatic heterocycles. The van der Waals surface area contributed by atoms with Crippen LogP contribution in [0, 0.1) is 17.7 Å². The Morgan fingerprint density at radius 1 is 1.35 bits per heavy atom. The molecule has 1 aromatic rings. The van der Waals surface area contributed by atoms with Crippen LogP contribution in [0.1, 0.15) is 12.5 Å². The second-order valence-electron chi connectivity index (χ2n) is 3.12. The van der Waals surface area contributed by atoms with Gasteiger partial charge < -0.3 is 9.47 Å². The molecule has 1 aromatic carbocycles. The van der Waals surface area contributed by atoms with Gasteiger partial charge in [-0.05, 0) is 19.1 Å². The van der Waals surface area contributed by atoms with Crippen LogP contribution in [0.3, 0.4) is 0 Å². The summed E-state index contributed by atoms with van der Waals surface area (Å²) in [7, 11) is 0. The monoisotopic (exact) mass is 256 g/mol. The molecule has 0 N–H and O–H groups in total. The predicted molar refractivity (Wildman–Crippen MR) is 66.0 cm³/mol. The van der Waals surface area contributed by atoms with Gasteiger partial charge in [-0.15, -0.1) is 11.6 Å². The average molecular weight is 257 g/mol. The Balaban J connectivity index is 2.69. The molecule has 17 heavy (non-hydrogen) atoms. The zero-order valence-electron chi connectivity index (χ0n) is 9.63. The van der Waals surface area contributed by atoms with Crippen molar-refractivity contribution in [3.05, 3.63) is 29.6 Å². The van der Waals surface area contributed by atoms with Gasteiger partial charge >= 0.3 is 0 Å². The Hall–Kier alpha value is -1.24. The standard InChI is InChI=1S/C13H14ClFO2/c1-2-16-8-9-17-13-10-12(15)6-5-11(13)4-3-7-14/h5-6,10H,2,7-9H2,1H3. The van der Waals surface area contributed by atoms with E-state index < -0.39 is 0 Å². The molecule has 2 nitrogen and oxygen atoms in total. The minimum absolute atomic E-state index is 0.232. The van der Waals surface area contributed by atoms with E-state index >= 15 is 0 Å². The molecule has 92 valence electrons. The number of alkyl halides is 1. The highest BCUT2D eigenvalue weighted by atomic mass is 35.5. The van der Waals surface area contributed by atoms with Crippen LogP contribution in [0.15, 0.2) is 18.2 Å². The van der Waals surface area contributed by atoms with Crippen LogP contribution in [0.2, 0.25) is 0 Å². The van der Waals surface area contributed by atoms with Gasteiger partial charge in [0, 0.05) is 12.7 Å². The van der Waals surface area contributed by atoms with Crippen LogP contribution in [-0.2, 0) is 4.74 Å². The minimum Gasteiger partial charge on any atom is -0.490 e. The Bertz CT molecular complexity index is 410. The first-order chi connectivity index (χ1) is 8.27. The lowest BCUT2D eigenvalue weighted by molar-refractivity contribution is 0.110. The van der Waals surface area contributed by atoms with Crippen molar-refractivity contribution >= 4 is 11.6 Å². The number of hydrogen-bond donors (Lipinski definition) is 0. The number of benzene rings is 1. The first kappa shape index (κ1) is 13.8. The van der Waals surface area contributed by atoms with Crippen LogP contribution < -0.4 is 4.74 Å². The van der Waals surface area contributed by atoms with Gasteiger partial charge in [0.05, 0.1) is 18.1 Å². The molecule has 0 saturated carbocycles. The molecule has 0 aromatic heterocycles. The lowest BCUT2D eigenvalue weighted by Gasteiger charge is -2.08. The van der Waals surface area contributed by atoms with Crippen molar-refractivity contribution in [2.75, 3.05) is 25.7 Å². The summed E-state index contributed by atoms with van der Waals surface area (Å²) < 4.78 is 23.6. The molecule has 0 bridgehead atoms. The van der Waals surface area contributed by atoms with Gasteiger partial charge in [0.25, 0.3) is 0 Å². The lowest BCUT2D eigenvalue weighted by Crippen LogP contribution is -2.07. The normalized spacial score (nSPS) is 9.59. The maximum Gasteiger partial charge on any atom is 0.137 e. The summed E-state index contributed by atoms with van der Waals surface area (Å²) in [5, 5.41) is 0. The van der Waals surface area contributed by atoms with E-state index in [9.17, 15) is 4.39 Å². The number of hydrogen-bond acceptors (Lipinski definition) is 2. The van der Waals surface area contributed by atoms with E-state index in [1.165, 1.54) is 12.1 Å². The SMILES string of the molecule is CCOCCOc1cc(F)ccc1C#CCCl. The molecular weight excluding hydrogens is 243 g/mol. The van der Waals surface area contributed by atoms with Gasteiger partial charge in [0.1, 0.15) is 18.2 Å². The largest absolute Gasteiger partial charge is 0.490 e. The van der Waals surface area contributed by atoms with Crippen molar-refractivity contribution < 1.29 is 13.9 Å². The van der Waals surface area contributed by atoms with Crippen molar-refractivity contribution in [2.45, 2.75) is 6.92 Å². The van der Waals surface area contributed by atoms with Crippen LogP contribution >= 0.6 is 11.6 Å². The molecule has 1 rings (SSSR count). The quantitative estimate of drug-likeness (QED) is 0.458. The molecule has 0 heterocycles. The van der Waals surface area contributed by atoms with Gasteiger partial charge in [-0.25, -0.2) is 4.39 Å². The minimum atomic E-state index is -0.354. The predicted octanol–water partition coefficient (Wildman–Crippen LogP) is 2.83. The summed E-state index contributed by atoms with van der Waals surface area (Å²) in [6.45, 7) is 3.37. The summed E-state index contributed by atoms with van der Waals surface area (Å²) in [4.78, 5) is 0. The third-order valence-corrected chi connectivity index (χ3v) is 2.06. The van der Waals surface area contributed by atoms with Crippen molar-refractivity contribution in [3.63, 3.8) is 0 Å². The summed E-state index contributed by atoms with van der Waals surface area (Å²) >= 11 is 5.47. The molecule has 4 heteroatoms. The highest BCUT2D eigenvalue weighted by Crippen LogP contribution is 2.18. The van der Waals surface area contributed by atoms with E-state index in [1.807, 2.05) is 6.92 Å². The van der Waals surface area contributed by atoms with E-state index in [0.717, 1.165) is 0 Å². The van der Waals surface area contributed by atoms with Gasteiger partial charge in [-0.1, -0.05) is 11.8 Å². The third-order valence-electron chi connectivity index (χ3n) is 1.92. The van der Waals surface area contributed by atoms with Gasteiger partial charge in [-0.2, -0.15) is 0 Å². The topological polar surface area (TPSA) is 18.5 Å². The summed E-state index contributed by atoms with van der Waals surface area (Å²) in [6.07, 6.45) is 0. The van der Waals surface area contributed by atoms with Crippen molar-refractivity contribution in [3.8, 4) is 17.6 Å². The fourth-order valence-electron chi connectivity index (χ4n) is 1.20. The number of halogens is 2. The first-order valence-electron chi connectivity index (χ1n) is 5.33. The molecule has 0 amide bonds. The molecule has 0 saturated heterocycles. The number of ether oxygens (including phenoxy) is 2. The second-order valence-corrected chi connectivity index (χ2v) is 3.39. The zero-order chi connectivity index (χ0) is 12.5. The van der Waals surface area contributed by atoms with E-state index in [0.29, 0.717) is 31.1 Å². The molecule has 0 aliphatic carbocycles. The lowest BCUT2D eigenvalue weighted by atomic mass is 10.2. The van der Waals surface area contributed by atoms with Gasteiger partial charge in [-0.3, -0.25) is 0 Å². The van der Waals surface area contributed by atoms with E-state index in [1.54, 1.807) is 6.07 Å². The average Bonchev–Trinajstić information content (AvgIpc) is 2.33. The maximum atomic E-state index is 13.1. The van der Waals surface area contributed by atoms with E-state index in [2.05, 4.69) is 11.8 Å². The fourth-order valence-corrected chi connectivity index (χ4v) is 1.27. The summed E-state index contributed by atoms with van der Waals surface area (Å²) in [5.41, 5.74) is 0.628. The molecule has 0 atom stereocenters. The summed E-state index contributed by atoms with van der Waals surface area (Å²) in [5.74, 6) is 5.82. The summed E-state index contributed by atoms with van der Waals surface area (Å²) in [6, 6.07) is 4.22. The highest BCUT2D eigenvalue weighted by Gasteiger charge is 2.03. The molecule has 0 unspecified atom stereocenters. The zero-order valence-corrected chi connectivity index (χ0v) is 10.4. The molecule has 0 fully saturated rings. The highest BCUT2D eigenvalue weighted by molar-refractivity contribution is 6.19. The molecule has 0 spiro atoms. The first-order valence-corrected chi connectivity index (χ1v) is 5.86. The molecule has 0 radical (unpaired) electrons. The van der Waals surface area contributed by atoms with E-state index in [4.69, 9.17) is 21.1 Å². The van der Waals surface area contributed by atoms with Crippen LogP contribution in [-0.4, -0.2) is 25.7 Å². The Morgan fingerprint density at radius 3 is 2.88 bits per heavy atom. The van der Waals surface area contributed by atoms with Gasteiger partial charge in [0.15, 0.2) is 0 Å². The van der Waals surface area contributed by atoms with Crippen molar-refractivity contribution in [2.24, 2.45) is 0 Å². The van der Waals surface area contributed by atoms with Crippen molar-refractivity contribution in [1.82, 2.24) is 0 Å². The third kappa shape index (κ3) is 5.08. The van der Waals surface area contributed by atoms with E-state index in [-0.39, 0.29) is 11.7 Å². The van der Waals surface area contributed by atoms with Crippen LogP contribution in [0.25, 0.3) is 0 Å². The Labute approximate surface area is 106 Å². The van der Waals surface area contributed by atoms with Crippen LogP contribution in [0.4, 0.5) is 4.39 Å². The molecular formula is C13H14ClFO2. The van der Waals surface area contributed by atoms with Gasteiger partial charge in [0.2, 0.25) is 0 Å². The van der Waals surface area contributed by atoms with Crippen molar-refractivity contribution in [1.29, 1.82) is 0 Å². The van der Waals surface area contributed by atoms with Crippen LogP contribution in [0.5, 0.6) is 5.75 Å². The smallest absolute Gasteiger partial charge is 0.137 e. The second kappa shape index (κ2) is 7.94. The Morgan fingerprint density at radius 2 is 2.18 bits per heavy atom. The number of rotatable bonds is 5. The fraction of sp³-hybridized carbons (Fsp3) is 0.385. The Kier molecular flexibility index (Phi) is 6.46.